The molecule has 0 unspecified atom stereocenters. The summed E-state index contributed by atoms with van der Waals surface area (Å²) in [6.07, 6.45) is 2.04. The van der Waals surface area contributed by atoms with Gasteiger partial charge in [0.1, 0.15) is 0 Å². The summed E-state index contributed by atoms with van der Waals surface area (Å²) in [6, 6.07) is 17.0. The molecule has 0 aromatic heterocycles. The van der Waals surface area contributed by atoms with E-state index >= 15 is 0 Å². The minimum Gasteiger partial charge on any atom is -0.478 e. The maximum atomic E-state index is 11.5. The van der Waals surface area contributed by atoms with Gasteiger partial charge in [-0.3, -0.25) is 4.79 Å². The van der Waals surface area contributed by atoms with E-state index in [9.17, 15) is 9.59 Å². The van der Waals surface area contributed by atoms with Gasteiger partial charge in [0, 0.05) is 13.0 Å². The van der Waals surface area contributed by atoms with Crippen molar-refractivity contribution in [3.05, 3.63) is 71.3 Å². The van der Waals surface area contributed by atoms with Gasteiger partial charge < -0.3 is 15.2 Å². The van der Waals surface area contributed by atoms with Gasteiger partial charge in [0.05, 0.1) is 17.8 Å². The summed E-state index contributed by atoms with van der Waals surface area (Å²) in [5, 5.41) is 12.1. The van der Waals surface area contributed by atoms with Crippen LogP contribution in [-0.4, -0.2) is 29.1 Å². The molecule has 26 heavy (non-hydrogen) atoms. The van der Waals surface area contributed by atoms with Crippen molar-refractivity contribution in [2.24, 2.45) is 0 Å². The van der Waals surface area contributed by atoms with Gasteiger partial charge in [0.2, 0.25) is 5.91 Å². The van der Waals surface area contributed by atoms with Crippen LogP contribution in [0.4, 0.5) is 0 Å². The third-order valence-electron chi connectivity index (χ3n) is 4.65. The van der Waals surface area contributed by atoms with E-state index in [1.54, 1.807) is 24.3 Å². The predicted molar refractivity (Wildman–Crippen MR) is 98.0 cm³/mol. The fourth-order valence-corrected chi connectivity index (χ4v) is 3.48. The molecule has 1 aliphatic rings. The molecule has 136 valence electrons. The highest BCUT2D eigenvalue weighted by Gasteiger charge is 2.31. The summed E-state index contributed by atoms with van der Waals surface area (Å²) < 4.78 is 6.29. The molecule has 0 bridgehead atoms. The summed E-state index contributed by atoms with van der Waals surface area (Å²) >= 11 is 0. The Bertz CT molecular complexity index is 757. The third kappa shape index (κ3) is 4.70. The number of carbonyl (C=O) groups is 2. The average Bonchev–Trinajstić information content (AvgIpc) is 2.62. The minimum atomic E-state index is -0.945. The highest BCUT2D eigenvalue weighted by atomic mass is 16.5. The maximum absolute atomic E-state index is 11.5. The van der Waals surface area contributed by atoms with Crippen LogP contribution in [0.25, 0.3) is 0 Å². The van der Waals surface area contributed by atoms with E-state index in [0.717, 1.165) is 18.4 Å². The van der Waals surface area contributed by atoms with Crippen LogP contribution in [-0.2, 0) is 16.0 Å². The van der Waals surface area contributed by atoms with E-state index in [0.29, 0.717) is 6.42 Å². The fourth-order valence-electron chi connectivity index (χ4n) is 3.48. The van der Waals surface area contributed by atoms with Gasteiger partial charge in [-0.2, -0.15) is 0 Å². The van der Waals surface area contributed by atoms with Crippen molar-refractivity contribution < 1.29 is 19.4 Å². The quantitative estimate of drug-likeness (QED) is 0.864. The van der Waals surface area contributed by atoms with E-state index in [1.165, 1.54) is 12.5 Å². The first-order valence-corrected chi connectivity index (χ1v) is 8.81. The Balaban J connectivity index is 1.77. The Morgan fingerprint density at radius 2 is 1.77 bits per heavy atom. The number of hydrogen-bond acceptors (Lipinski definition) is 3. The largest absolute Gasteiger partial charge is 0.478 e. The molecule has 5 nitrogen and oxygen atoms in total. The molecular formula is C21H23NO4. The van der Waals surface area contributed by atoms with Crippen molar-refractivity contribution in [3.63, 3.8) is 0 Å². The van der Waals surface area contributed by atoms with Gasteiger partial charge in [0.25, 0.3) is 0 Å². The first-order valence-electron chi connectivity index (χ1n) is 8.81. The summed E-state index contributed by atoms with van der Waals surface area (Å²) in [4.78, 5) is 22.6. The van der Waals surface area contributed by atoms with Crippen molar-refractivity contribution in [1.82, 2.24) is 5.32 Å². The van der Waals surface area contributed by atoms with Crippen LogP contribution in [0.5, 0.6) is 0 Å². The van der Waals surface area contributed by atoms with E-state index in [2.05, 4.69) is 17.4 Å². The third-order valence-corrected chi connectivity index (χ3v) is 4.65. The van der Waals surface area contributed by atoms with Crippen LogP contribution in [0.2, 0.25) is 0 Å². The number of carboxylic acids is 1. The predicted octanol–water partition coefficient (Wildman–Crippen LogP) is 3.35. The molecule has 1 amide bonds. The molecule has 0 saturated carbocycles. The first-order chi connectivity index (χ1) is 12.5. The lowest BCUT2D eigenvalue weighted by Crippen LogP contribution is -2.42. The Morgan fingerprint density at radius 1 is 1.08 bits per heavy atom. The topological polar surface area (TPSA) is 75.6 Å². The number of aromatic carboxylic acids is 1. The summed E-state index contributed by atoms with van der Waals surface area (Å²) in [5.74, 6) is -0.991. The molecule has 3 rings (SSSR count). The van der Waals surface area contributed by atoms with E-state index in [-0.39, 0.29) is 29.7 Å². The molecule has 5 heteroatoms. The number of ether oxygens (including phenoxy) is 1. The molecule has 0 aliphatic carbocycles. The molecule has 1 saturated heterocycles. The molecule has 1 aliphatic heterocycles. The second-order valence-corrected chi connectivity index (χ2v) is 6.73. The summed E-state index contributed by atoms with van der Waals surface area (Å²) in [6.45, 7) is 1.53. The monoisotopic (exact) mass is 353 g/mol. The zero-order chi connectivity index (χ0) is 18.5. The molecule has 1 heterocycles. The van der Waals surface area contributed by atoms with E-state index in [4.69, 9.17) is 9.84 Å². The molecular weight excluding hydrogens is 330 g/mol. The van der Waals surface area contributed by atoms with Gasteiger partial charge in [-0.05, 0) is 42.5 Å². The van der Waals surface area contributed by atoms with E-state index < -0.39 is 5.97 Å². The Morgan fingerprint density at radius 3 is 2.38 bits per heavy atom. The Labute approximate surface area is 153 Å². The highest BCUT2D eigenvalue weighted by molar-refractivity contribution is 5.87. The van der Waals surface area contributed by atoms with Crippen LogP contribution in [0.1, 0.15) is 47.4 Å². The van der Waals surface area contributed by atoms with Crippen molar-refractivity contribution in [2.75, 3.05) is 0 Å². The standard InChI is InChI=1S/C21H23NO4/c1-14(23)22-18-12-19(11-15-5-3-2-4-6-15)26-20(13-18)16-7-9-17(10-8-16)21(24)25/h2-10,18-20H,11-13H2,1H3,(H,22,23)(H,24,25)/t18-,19+,20+/m1/s1. The average molecular weight is 353 g/mol. The smallest absolute Gasteiger partial charge is 0.335 e. The lowest BCUT2D eigenvalue weighted by atomic mass is 9.91. The zero-order valence-electron chi connectivity index (χ0n) is 14.7. The second-order valence-electron chi connectivity index (χ2n) is 6.73. The van der Waals surface area contributed by atoms with Crippen molar-refractivity contribution in [1.29, 1.82) is 0 Å². The lowest BCUT2D eigenvalue weighted by molar-refractivity contribution is -0.122. The van der Waals surface area contributed by atoms with Crippen molar-refractivity contribution in [3.8, 4) is 0 Å². The van der Waals surface area contributed by atoms with Gasteiger partial charge in [-0.25, -0.2) is 4.79 Å². The normalized spacial score (nSPS) is 22.6. The summed E-state index contributed by atoms with van der Waals surface area (Å²) in [5.41, 5.74) is 2.38. The highest BCUT2D eigenvalue weighted by Crippen LogP contribution is 2.33. The second kappa shape index (κ2) is 8.15. The number of nitrogens with one attached hydrogen (secondary N) is 1. The molecule has 2 aromatic carbocycles. The molecule has 2 aromatic rings. The molecule has 3 atom stereocenters. The SMILES string of the molecule is CC(=O)N[C@@H]1C[C@H](Cc2ccccc2)O[C@H](c2ccc(C(=O)O)cc2)C1. The van der Waals surface area contributed by atoms with Crippen LogP contribution >= 0.6 is 0 Å². The van der Waals surface area contributed by atoms with Crippen LogP contribution in [0.15, 0.2) is 54.6 Å². The maximum Gasteiger partial charge on any atom is 0.335 e. The zero-order valence-corrected chi connectivity index (χ0v) is 14.7. The summed E-state index contributed by atoms with van der Waals surface area (Å²) in [7, 11) is 0. The van der Waals surface area contributed by atoms with Crippen molar-refractivity contribution in [2.45, 2.75) is 44.4 Å². The van der Waals surface area contributed by atoms with Crippen LogP contribution < -0.4 is 5.32 Å². The molecule has 2 N–H and O–H groups in total. The van der Waals surface area contributed by atoms with Crippen LogP contribution in [0.3, 0.4) is 0 Å². The number of hydrogen-bond donors (Lipinski definition) is 2. The van der Waals surface area contributed by atoms with E-state index in [1.807, 2.05) is 18.2 Å². The van der Waals surface area contributed by atoms with Crippen LogP contribution in [0, 0.1) is 0 Å². The molecule has 0 radical (unpaired) electrons. The van der Waals surface area contributed by atoms with Gasteiger partial charge in [-0.1, -0.05) is 42.5 Å². The minimum absolute atomic E-state index is 0.00727. The Kier molecular flexibility index (Phi) is 5.68. The molecule has 1 fully saturated rings. The van der Waals surface area contributed by atoms with Crippen molar-refractivity contribution >= 4 is 11.9 Å². The Hall–Kier alpha value is -2.66. The van der Waals surface area contributed by atoms with Gasteiger partial charge in [0.15, 0.2) is 0 Å². The lowest BCUT2D eigenvalue weighted by Gasteiger charge is -2.36. The van der Waals surface area contributed by atoms with Gasteiger partial charge >= 0.3 is 5.97 Å². The fraction of sp³-hybridized carbons (Fsp3) is 0.333. The molecule has 0 spiro atoms. The first kappa shape index (κ1) is 18.1. The number of amides is 1. The van der Waals surface area contributed by atoms with Gasteiger partial charge in [-0.15, -0.1) is 0 Å². The number of carbonyl (C=O) groups excluding carboxylic acids is 1. The number of rotatable bonds is 5. The number of carboxylic acid groups (broad SMARTS) is 1. The number of benzene rings is 2.